The molecule has 0 unspecified atom stereocenters. The van der Waals surface area contributed by atoms with Crippen LogP contribution in [0.5, 0.6) is 5.75 Å². The third-order valence-corrected chi connectivity index (χ3v) is 13.5. The van der Waals surface area contributed by atoms with E-state index in [9.17, 15) is 4.79 Å². The Morgan fingerprint density at radius 1 is 1.07 bits per heavy atom. The molecule has 0 spiro atoms. The van der Waals surface area contributed by atoms with E-state index in [-0.39, 0.29) is 16.8 Å². The number of primary amides is 1. The molecular weight excluding hydrogens is 554 g/mol. The van der Waals surface area contributed by atoms with Gasteiger partial charge in [0.1, 0.15) is 11.4 Å². The maximum atomic E-state index is 11.7. The molecule has 0 aliphatic heterocycles. The van der Waals surface area contributed by atoms with Crippen LogP contribution in [0.25, 0.3) is 21.8 Å². The van der Waals surface area contributed by atoms with Gasteiger partial charge >= 0.3 is 0 Å². The Morgan fingerprint density at radius 2 is 1.86 bits per heavy atom. The fourth-order valence-corrected chi connectivity index (χ4v) is 6.36. The van der Waals surface area contributed by atoms with E-state index < -0.39 is 14.2 Å². The van der Waals surface area contributed by atoms with Crippen molar-refractivity contribution in [2.24, 2.45) is 12.8 Å². The Labute approximate surface area is 255 Å². The van der Waals surface area contributed by atoms with E-state index in [1.165, 1.54) is 21.9 Å². The van der Waals surface area contributed by atoms with E-state index in [1.54, 1.807) is 12.5 Å². The number of ether oxygens (including phenoxy) is 1. The molecule has 0 bridgehead atoms. The van der Waals surface area contributed by atoms with Crippen LogP contribution in [0.15, 0.2) is 73.4 Å². The van der Waals surface area contributed by atoms with Gasteiger partial charge in [0.2, 0.25) is 0 Å². The van der Waals surface area contributed by atoms with Crippen molar-refractivity contribution in [3.05, 3.63) is 84.7 Å². The number of nitrogens with zero attached hydrogens (tertiary/aromatic N) is 4. The third-order valence-electron chi connectivity index (χ3n) is 9.01. The molecule has 0 aliphatic carbocycles. The molecule has 2 aromatic carbocycles. The maximum Gasteiger partial charge on any atom is 0.268 e. The molecule has 2 N–H and O–H groups in total. The average Bonchev–Trinajstić information content (AvgIpc) is 3.69. The highest BCUT2D eigenvalue weighted by Gasteiger charge is 2.37. The van der Waals surface area contributed by atoms with Gasteiger partial charge in [-0.25, -0.2) is 4.98 Å². The number of fused-ring (bicyclic) bond motifs is 2. The minimum absolute atomic E-state index is 0.0145. The molecule has 1 atom stereocenters. The summed E-state index contributed by atoms with van der Waals surface area (Å²) < 4.78 is 19.3. The molecule has 1 amide bonds. The summed E-state index contributed by atoms with van der Waals surface area (Å²) in [5, 5.41) is 2.60. The summed E-state index contributed by atoms with van der Waals surface area (Å²) in [5.74, 6) is 0.354. The largest absolute Gasteiger partial charge is 0.494 e. The molecule has 3 aromatic heterocycles. The fourth-order valence-electron chi connectivity index (χ4n) is 5.32. The van der Waals surface area contributed by atoms with Crippen LogP contribution in [0.4, 0.5) is 0 Å². The second-order valence-corrected chi connectivity index (χ2v) is 17.9. The number of rotatable bonds is 13. The Balaban J connectivity index is 1.24. The van der Waals surface area contributed by atoms with Crippen LogP contribution in [0, 0.1) is 0 Å². The van der Waals surface area contributed by atoms with Crippen LogP contribution in [0.3, 0.4) is 0 Å². The first kappa shape index (κ1) is 30.6. The molecular formula is C34H45N5O3Si. The van der Waals surface area contributed by atoms with Gasteiger partial charge in [-0.15, -0.1) is 0 Å². The predicted octanol–water partition coefficient (Wildman–Crippen LogP) is 7.09. The lowest BCUT2D eigenvalue weighted by Crippen LogP contribution is -2.42. The molecule has 5 rings (SSSR count). The van der Waals surface area contributed by atoms with E-state index in [0.29, 0.717) is 13.2 Å². The molecule has 43 heavy (non-hydrogen) atoms. The maximum absolute atomic E-state index is 11.7. The first-order valence-corrected chi connectivity index (χ1v) is 18.1. The summed E-state index contributed by atoms with van der Waals surface area (Å²) >= 11 is 0. The second kappa shape index (κ2) is 12.4. The number of aromatic nitrogens is 4. The van der Waals surface area contributed by atoms with Gasteiger partial charge in [-0.3, -0.25) is 4.79 Å². The van der Waals surface area contributed by atoms with Crippen molar-refractivity contribution >= 4 is 36.0 Å². The van der Waals surface area contributed by atoms with Gasteiger partial charge < -0.3 is 28.6 Å². The van der Waals surface area contributed by atoms with Crippen molar-refractivity contribution in [2.75, 3.05) is 13.2 Å². The average molecular weight is 600 g/mol. The molecule has 5 aromatic rings. The number of imidazole rings is 1. The number of aryl methyl sites for hydroxylation is 3. The standard InChI is InChI=1S/C34H45N5O3Si/c1-34(2,3)43(5,6)42-23-27(39-22-30(33(35)40)36-24-39)16-18-38-17-15-25-13-14-28(20-32(25)38)41-19-9-10-26-21-37(4)31-12-8-7-11-29(26)31/h7-8,11-15,17,20-22,24,27H,9-10,16,18-19,23H2,1-6H3,(H2,35,40)/t27-/m1/s1. The molecule has 9 heteroatoms. The van der Waals surface area contributed by atoms with Crippen molar-refractivity contribution in [2.45, 2.75) is 70.8 Å². The highest BCUT2D eigenvalue weighted by atomic mass is 28.4. The van der Waals surface area contributed by atoms with E-state index in [0.717, 1.165) is 37.1 Å². The fraction of sp³-hybridized carbons (Fsp3) is 0.412. The molecule has 0 saturated heterocycles. The van der Waals surface area contributed by atoms with Crippen molar-refractivity contribution in [3.8, 4) is 5.75 Å². The highest BCUT2D eigenvalue weighted by molar-refractivity contribution is 6.74. The number of amides is 1. The van der Waals surface area contributed by atoms with Gasteiger partial charge in [-0.1, -0.05) is 39.0 Å². The Morgan fingerprint density at radius 3 is 2.60 bits per heavy atom. The molecule has 8 nitrogen and oxygen atoms in total. The molecule has 0 aliphatic rings. The smallest absolute Gasteiger partial charge is 0.268 e. The van der Waals surface area contributed by atoms with Crippen molar-refractivity contribution in [1.82, 2.24) is 18.7 Å². The summed E-state index contributed by atoms with van der Waals surface area (Å²) in [5.41, 5.74) is 9.53. The topological polar surface area (TPSA) is 89.2 Å². The number of carbonyl (C=O) groups excluding carboxylic acids is 1. The lowest BCUT2D eigenvalue weighted by Gasteiger charge is -2.37. The number of hydrogen-bond donors (Lipinski definition) is 1. The Bertz CT molecular complexity index is 1710. The van der Waals surface area contributed by atoms with Crippen molar-refractivity contribution < 1.29 is 14.0 Å². The first-order valence-electron chi connectivity index (χ1n) is 15.1. The third kappa shape index (κ3) is 6.89. The zero-order valence-corrected chi connectivity index (χ0v) is 27.3. The van der Waals surface area contributed by atoms with E-state index in [4.69, 9.17) is 14.9 Å². The summed E-state index contributed by atoms with van der Waals surface area (Å²) in [6.07, 6.45) is 10.5. The van der Waals surface area contributed by atoms with Crippen LogP contribution in [0.2, 0.25) is 18.1 Å². The number of para-hydroxylation sites is 1. The van der Waals surface area contributed by atoms with Gasteiger partial charge in [-0.2, -0.15) is 0 Å². The summed E-state index contributed by atoms with van der Waals surface area (Å²) in [6.45, 7) is 13.2. The number of benzene rings is 2. The van der Waals surface area contributed by atoms with Gasteiger partial charge in [-0.05, 0) is 72.6 Å². The van der Waals surface area contributed by atoms with Crippen molar-refractivity contribution in [3.63, 3.8) is 0 Å². The molecule has 0 fully saturated rings. The minimum Gasteiger partial charge on any atom is -0.494 e. The molecule has 0 radical (unpaired) electrons. The monoisotopic (exact) mass is 599 g/mol. The van der Waals surface area contributed by atoms with E-state index in [1.807, 2.05) is 4.57 Å². The van der Waals surface area contributed by atoms with Crippen LogP contribution < -0.4 is 10.5 Å². The van der Waals surface area contributed by atoms with Crippen LogP contribution in [-0.4, -0.2) is 46.1 Å². The van der Waals surface area contributed by atoms with E-state index >= 15 is 0 Å². The SMILES string of the molecule is Cn1cc(CCCOc2ccc3ccn(CC[C@H](CO[Si](C)(C)C(C)(C)C)n4cnc(C(N)=O)c4)c3c2)c2ccccc21. The van der Waals surface area contributed by atoms with Gasteiger partial charge in [0.25, 0.3) is 5.91 Å². The van der Waals surface area contributed by atoms with Gasteiger partial charge in [0.05, 0.1) is 31.1 Å². The van der Waals surface area contributed by atoms with Crippen LogP contribution >= 0.6 is 0 Å². The molecule has 3 heterocycles. The zero-order chi connectivity index (χ0) is 30.8. The summed E-state index contributed by atoms with van der Waals surface area (Å²) in [7, 11) is 0.139. The normalized spacial score (nSPS) is 13.2. The Hall–Kier alpha value is -3.82. The highest BCUT2D eigenvalue weighted by Crippen LogP contribution is 2.37. The molecule has 0 saturated carbocycles. The molecule has 228 valence electrons. The number of nitrogens with two attached hydrogens (primary N) is 1. The first-order chi connectivity index (χ1) is 20.4. The van der Waals surface area contributed by atoms with Crippen molar-refractivity contribution in [1.29, 1.82) is 0 Å². The summed E-state index contributed by atoms with van der Waals surface area (Å²) in [6, 6.07) is 17.0. The van der Waals surface area contributed by atoms with Gasteiger partial charge in [0.15, 0.2) is 8.32 Å². The number of hydrogen-bond acceptors (Lipinski definition) is 4. The lowest BCUT2D eigenvalue weighted by atomic mass is 10.1. The Kier molecular flexibility index (Phi) is 8.85. The van der Waals surface area contributed by atoms with Gasteiger partial charge in [0, 0.05) is 49.2 Å². The second-order valence-electron chi connectivity index (χ2n) is 13.0. The number of carbonyl (C=O) groups is 1. The quantitative estimate of drug-likeness (QED) is 0.116. The van der Waals surface area contributed by atoms with E-state index in [2.05, 4.69) is 116 Å². The zero-order valence-electron chi connectivity index (χ0n) is 26.3. The summed E-state index contributed by atoms with van der Waals surface area (Å²) in [4.78, 5) is 16.0. The predicted molar refractivity (Wildman–Crippen MR) is 176 cm³/mol. The minimum atomic E-state index is -1.96. The van der Waals surface area contributed by atoms with Crippen LogP contribution in [0.1, 0.15) is 55.7 Å². The van der Waals surface area contributed by atoms with Crippen LogP contribution in [-0.2, 0) is 24.4 Å². The lowest BCUT2D eigenvalue weighted by molar-refractivity contribution is 0.0995.